The van der Waals surface area contributed by atoms with Crippen LogP contribution in [0.4, 0.5) is 11.5 Å². The van der Waals surface area contributed by atoms with Crippen LogP contribution in [0.25, 0.3) is 0 Å². The number of carbonyl (C=O) groups is 1. The molecule has 4 N–H and O–H groups in total. The minimum atomic E-state index is -0.721. The van der Waals surface area contributed by atoms with Crippen LogP contribution < -0.4 is 11.2 Å². The average molecular weight is 310 g/mol. The summed E-state index contributed by atoms with van der Waals surface area (Å²) in [5.41, 5.74) is 8.43. The number of primary amides is 1. The molecule has 0 spiro atoms. The topological polar surface area (TPSA) is 121 Å². The molecular formula is C9H8BrN7O. The van der Waals surface area contributed by atoms with Crippen molar-refractivity contribution < 1.29 is 4.79 Å². The highest BCUT2D eigenvalue weighted by molar-refractivity contribution is 9.10. The molecule has 1 aromatic heterocycles. The summed E-state index contributed by atoms with van der Waals surface area (Å²) < 4.78 is 0.956. The fourth-order valence-corrected chi connectivity index (χ4v) is 1.38. The molecule has 0 bridgehead atoms. The van der Waals surface area contributed by atoms with Crippen molar-refractivity contribution in [3.8, 4) is 0 Å². The maximum Gasteiger partial charge on any atom is 0.273 e. The molecule has 1 heterocycles. The van der Waals surface area contributed by atoms with Gasteiger partial charge in [-0.3, -0.25) is 10.2 Å². The lowest BCUT2D eigenvalue weighted by atomic mass is 10.3. The van der Waals surface area contributed by atoms with E-state index in [1.165, 1.54) is 0 Å². The summed E-state index contributed by atoms with van der Waals surface area (Å²) in [5.74, 6) is -0.687. The summed E-state index contributed by atoms with van der Waals surface area (Å²) in [7, 11) is 0. The van der Waals surface area contributed by atoms with Gasteiger partial charge in [-0.25, -0.2) is 0 Å². The zero-order valence-corrected chi connectivity index (χ0v) is 10.5. The van der Waals surface area contributed by atoms with Gasteiger partial charge < -0.3 is 5.73 Å². The van der Waals surface area contributed by atoms with E-state index in [-0.39, 0.29) is 11.5 Å². The minimum Gasteiger partial charge on any atom is -0.364 e. The first-order valence-electron chi connectivity index (χ1n) is 4.79. The number of nitrogens with zero attached hydrogens (tertiary/aromatic N) is 4. The Labute approximate surface area is 110 Å². The number of hydrogen-bond acceptors (Lipinski definition) is 5. The number of hydrogen-bond donors (Lipinski definition) is 3. The zero-order chi connectivity index (χ0) is 13.0. The predicted octanol–water partition coefficient (Wildman–Crippen LogP) is 1.78. The lowest BCUT2D eigenvalue weighted by molar-refractivity contribution is 0.0996. The molecule has 1 amide bonds. The molecule has 0 saturated heterocycles. The van der Waals surface area contributed by atoms with Gasteiger partial charge in [0.05, 0.1) is 5.69 Å². The number of carbonyl (C=O) groups excluding carboxylic acids is 1. The molecule has 9 heteroatoms. The molecular weight excluding hydrogens is 302 g/mol. The Bertz CT molecular complexity index is 577. The van der Waals surface area contributed by atoms with E-state index in [1.807, 2.05) is 12.1 Å². The molecule has 0 radical (unpaired) electrons. The van der Waals surface area contributed by atoms with E-state index in [0.29, 0.717) is 0 Å². The number of benzene rings is 1. The molecule has 2 rings (SSSR count). The van der Waals surface area contributed by atoms with Crippen LogP contribution in [-0.2, 0) is 0 Å². The smallest absolute Gasteiger partial charge is 0.273 e. The molecule has 0 aliphatic heterocycles. The molecule has 0 atom stereocenters. The number of amides is 1. The van der Waals surface area contributed by atoms with Crippen LogP contribution in [0.1, 0.15) is 10.5 Å². The van der Waals surface area contributed by atoms with Crippen LogP contribution in [0.15, 0.2) is 39.1 Å². The summed E-state index contributed by atoms with van der Waals surface area (Å²) >= 11 is 3.31. The number of aromatic amines is 1. The highest BCUT2D eigenvalue weighted by Crippen LogP contribution is 2.15. The van der Waals surface area contributed by atoms with E-state index >= 15 is 0 Å². The second-order valence-corrected chi connectivity index (χ2v) is 4.09. The van der Waals surface area contributed by atoms with Gasteiger partial charge in [0.1, 0.15) is 0 Å². The Kier molecular flexibility index (Phi) is 3.63. The van der Waals surface area contributed by atoms with Crippen molar-refractivity contribution >= 4 is 33.3 Å². The van der Waals surface area contributed by atoms with Gasteiger partial charge >= 0.3 is 0 Å². The first-order chi connectivity index (χ1) is 8.66. The Hall–Kier alpha value is -2.29. The molecule has 0 aliphatic carbocycles. The summed E-state index contributed by atoms with van der Waals surface area (Å²) in [6.45, 7) is 0. The van der Waals surface area contributed by atoms with Crippen molar-refractivity contribution in [1.29, 1.82) is 0 Å². The van der Waals surface area contributed by atoms with Gasteiger partial charge in [0, 0.05) is 4.47 Å². The third kappa shape index (κ3) is 2.88. The Morgan fingerprint density at radius 3 is 2.72 bits per heavy atom. The third-order valence-corrected chi connectivity index (χ3v) is 2.46. The minimum absolute atomic E-state index is 0.0344. The van der Waals surface area contributed by atoms with Crippen LogP contribution in [-0.4, -0.2) is 21.3 Å². The third-order valence-electron chi connectivity index (χ3n) is 1.93. The van der Waals surface area contributed by atoms with E-state index in [9.17, 15) is 4.79 Å². The van der Waals surface area contributed by atoms with Crippen LogP contribution in [0.2, 0.25) is 0 Å². The quantitative estimate of drug-likeness (QED) is 0.588. The summed E-state index contributed by atoms with van der Waals surface area (Å²) in [5, 5.41) is 16.8. The van der Waals surface area contributed by atoms with E-state index in [4.69, 9.17) is 5.73 Å². The lowest BCUT2D eigenvalue weighted by Gasteiger charge is -1.97. The normalized spacial score (nSPS) is 10.7. The molecule has 0 aliphatic rings. The monoisotopic (exact) mass is 309 g/mol. The molecule has 18 heavy (non-hydrogen) atoms. The maximum atomic E-state index is 10.9. The number of anilines is 1. The Balaban J connectivity index is 2.05. The van der Waals surface area contributed by atoms with Crippen molar-refractivity contribution in [1.82, 2.24) is 15.4 Å². The van der Waals surface area contributed by atoms with Gasteiger partial charge in [-0.05, 0) is 24.3 Å². The molecule has 0 unspecified atom stereocenters. The molecule has 2 aromatic rings. The van der Waals surface area contributed by atoms with Crippen molar-refractivity contribution in [2.45, 2.75) is 0 Å². The maximum absolute atomic E-state index is 10.9. The summed E-state index contributed by atoms with van der Waals surface area (Å²) in [6.07, 6.45) is 0. The van der Waals surface area contributed by atoms with Gasteiger partial charge in [-0.2, -0.15) is 5.21 Å². The van der Waals surface area contributed by atoms with Gasteiger partial charge in [-0.1, -0.05) is 21.2 Å². The predicted molar refractivity (Wildman–Crippen MR) is 67.2 cm³/mol. The van der Waals surface area contributed by atoms with E-state index in [1.54, 1.807) is 12.1 Å². The van der Waals surface area contributed by atoms with Gasteiger partial charge in [0.25, 0.3) is 5.91 Å². The number of halogens is 1. The van der Waals surface area contributed by atoms with Crippen molar-refractivity contribution in [3.63, 3.8) is 0 Å². The second-order valence-electron chi connectivity index (χ2n) is 3.18. The second kappa shape index (κ2) is 5.36. The SMILES string of the molecule is NC(=O)c1n[nH]nc1N=NNc1ccc(Br)cc1. The van der Waals surface area contributed by atoms with Gasteiger partial charge in [0.2, 0.25) is 5.82 Å². The van der Waals surface area contributed by atoms with E-state index in [2.05, 4.69) is 47.1 Å². The summed E-state index contributed by atoms with van der Waals surface area (Å²) in [4.78, 5) is 10.9. The fourth-order valence-electron chi connectivity index (χ4n) is 1.11. The molecule has 0 saturated carbocycles. The van der Waals surface area contributed by atoms with Crippen molar-refractivity contribution in [2.75, 3.05) is 5.43 Å². The number of H-pyrrole nitrogens is 1. The average Bonchev–Trinajstić information content (AvgIpc) is 2.80. The molecule has 92 valence electrons. The standard InChI is InChI=1S/C9H8BrN7O/c10-5-1-3-6(4-2-5)12-16-14-9-7(8(11)18)13-17-15-9/h1-4H,(H2,11,18)(H2,12,13,14,15,17). The molecule has 0 fully saturated rings. The molecule has 8 nitrogen and oxygen atoms in total. The fraction of sp³-hybridized carbons (Fsp3) is 0. The van der Waals surface area contributed by atoms with Crippen LogP contribution >= 0.6 is 15.9 Å². The van der Waals surface area contributed by atoms with Gasteiger partial charge in [-0.15, -0.1) is 15.3 Å². The summed E-state index contributed by atoms with van der Waals surface area (Å²) in [6, 6.07) is 7.31. The highest BCUT2D eigenvalue weighted by atomic mass is 79.9. The zero-order valence-electron chi connectivity index (χ0n) is 8.96. The van der Waals surface area contributed by atoms with E-state index < -0.39 is 5.91 Å². The van der Waals surface area contributed by atoms with Gasteiger partial charge in [0.15, 0.2) is 5.69 Å². The Morgan fingerprint density at radius 2 is 2.06 bits per heavy atom. The number of aromatic nitrogens is 3. The largest absolute Gasteiger partial charge is 0.364 e. The molecule has 1 aromatic carbocycles. The highest BCUT2D eigenvalue weighted by Gasteiger charge is 2.12. The first kappa shape index (κ1) is 12.2. The van der Waals surface area contributed by atoms with Crippen LogP contribution in [0.3, 0.4) is 0 Å². The van der Waals surface area contributed by atoms with Crippen LogP contribution in [0.5, 0.6) is 0 Å². The Morgan fingerprint density at radius 1 is 1.33 bits per heavy atom. The van der Waals surface area contributed by atoms with Crippen molar-refractivity contribution in [3.05, 3.63) is 34.4 Å². The lowest BCUT2D eigenvalue weighted by Crippen LogP contribution is -2.11. The van der Waals surface area contributed by atoms with Crippen LogP contribution in [0, 0.1) is 0 Å². The first-order valence-corrected chi connectivity index (χ1v) is 5.59. The number of nitrogens with one attached hydrogen (secondary N) is 2. The number of nitrogens with two attached hydrogens (primary N) is 1. The van der Waals surface area contributed by atoms with Crippen molar-refractivity contribution in [2.24, 2.45) is 16.1 Å². The van der Waals surface area contributed by atoms with E-state index in [0.717, 1.165) is 10.2 Å². The number of rotatable bonds is 4.